The highest BCUT2D eigenvalue weighted by Crippen LogP contribution is 2.44. The zero-order valence-electron chi connectivity index (χ0n) is 9.78. The minimum atomic E-state index is -0.242. The molecule has 3 aliphatic rings. The maximum atomic E-state index is 11.3. The van der Waals surface area contributed by atoms with Crippen LogP contribution < -0.4 is 10.6 Å². The van der Waals surface area contributed by atoms with E-state index in [0.29, 0.717) is 17.8 Å². The van der Waals surface area contributed by atoms with Gasteiger partial charge in [0.25, 0.3) is 0 Å². The summed E-state index contributed by atoms with van der Waals surface area (Å²) in [5, 5.41) is 7.05. The van der Waals surface area contributed by atoms with Crippen LogP contribution in [0.15, 0.2) is 0 Å². The number of hydrogen-bond donors (Lipinski definition) is 2. The molecule has 94 valence electrons. The molecule has 5 heteroatoms. The number of fused-ring (bicyclic) bond motifs is 2. The fraction of sp³-hybridized carbons (Fsp3) is 0.833. The summed E-state index contributed by atoms with van der Waals surface area (Å²) in [5.41, 5.74) is 0. The lowest BCUT2D eigenvalue weighted by molar-refractivity contribution is -0.139. The van der Waals surface area contributed by atoms with Gasteiger partial charge in [0.1, 0.15) is 6.04 Å². The molecule has 0 unspecified atom stereocenters. The molecular weight excluding hydrogens is 236 g/mol. The monoisotopic (exact) mass is 254 g/mol. The number of hydrogen-bond acceptors (Lipinski definition) is 3. The van der Waals surface area contributed by atoms with Crippen molar-refractivity contribution in [3.63, 3.8) is 0 Å². The molecule has 0 spiro atoms. The van der Waals surface area contributed by atoms with Gasteiger partial charge < -0.3 is 15.4 Å². The molecule has 4 nitrogen and oxygen atoms in total. The SMILES string of the molecule is O=C1OCC[C@@H]1NC(=S)N[C@H]1C[C@H]2CC[C@@H]1C2. The van der Waals surface area contributed by atoms with E-state index in [2.05, 4.69) is 10.6 Å². The lowest BCUT2D eigenvalue weighted by Crippen LogP contribution is -2.48. The number of rotatable bonds is 2. The lowest BCUT2D eigenvalue weighted by Gasteiger charge is -2.25. The van der Waals surface area contributed by atoms with E-state index in [9.17, 15) is 4.79 Å². The highest BCUT2D eigenvalue weighted by molar-refractivity contribution is 7.80. The molecule has 1 heterocycles. The molecule has 3 rings (SSSR count). The zero-order valence-corrected chi connectivity index (χ0v) is 10.6. The van der Waals surface area contributed by atoms with Gasteiger partial charge in [0.05, 0.1) is 6.61 Å². The van der Waals surface area contributed by atoms with Crippen LogP contribution in [0.5, 0.6) is 0 Å². The molecular formula is C12H18N2O2S. The smallest absolute Gasteiger partial charge is 0.328 e. The third-order valence-corrected chi connectivity index (χ3v) is 4.53. The average Bonchev–Trinajstić information content (AvgIpc) is 2.96. The largest absolute Gasteiger partial charge is 0.464 e. The summed E-state index contributed by atoms with van der Waals surface area (Å²) in [6.07, 6.45) is 6.03. The van der Waals surface area contributed by atoms with Crippen molar-refractivity contribution in [2.24, 2.45) is 11.8 Å². The van der Waals surface area contributed by atoms with Gasteiger partial charge >= 0.3 is 5.97 Å². The summed E-state index contributed by atoms with van der Waals surface area (Å²) < 4.78 is 4.90. The molecule has 1 saturated heterocycles. The molecule has 0 aromatic rings. The van der Waals surface area contributed by atoms with E-state index < -0.39 is 0 Å². The van der Waals surface area contributed by atoms with Crippen LogP contribution in [0, 0.1) is 11.8 Å². The summed E-state index contributed by atoms with van der Waals surface area (Å²) in [5.74, 6) is 1.51. The molecule has 0 aromatic heterocycles. The first-order chi connectivity index (χ1) is 8.22. The standard InChI is InChI=1S/C12H18N2O2S/c15-11-9(3-4-16-11)13-12(17)14-10-6-7-1-2-8(10)5-7/h7-10H,1-6H2,(H2,13,14,17)/t7-,8+,9-,10-/m0/s1. The van der Waals surface area contributed by atoms with Crippen LogP contribution in [-0.2, 0) is 9.53 Å². The van der Waals surface area contributed by atoms with E-state index in [1.54, 1.807) is 0 Å². The van der Waals surface area contributed by atoms with Crippen LogP contribution in [-0.4, -0.2) is 29.8 Å². The van der Waals surface area contributed by atoms with Gasteiger partial charge in [-0.05, 0) is 43.3 Å². The van der Waals surface area contributed by atoms with Crippen molar-refractivity contribution in [3.05, 3.63) is 0 Å². The van der Waals surface area contributed by atoms with Crippen molar-refractivity contribution in [1.29, 1.82) is 0 Å². The van der Waals surface area contributed by atoms with Crippen LogP contribution in [0.3, 0.4) is 0 Å². The highest BCUT2D eigenvalue weighted by atomic mass is 32.1. The molecule has 3 fully saturated rings. The topological polar surface area (TPSA) is 50.4 Å². The first-order valence-corrected chi connectivity index (χ1v) is 6.87. The van der Waals surface area contributed by atoms with E-state index in [0.717, 1.165) is 18.3 Å². The Morgan fingerprint density at radius 1 is 1.24 bits per heavy atom. The highest BCUT2D eigenvalue weighted by Gasteiger charge is 2.40. The Kier molecular flexibility index (Phi) is 2.94. The van der Waals surface area contributed by atoms with Crippen molar-refractivity contribution < 1.29 is 9.53 Å². The Balaban J connectivity index is 1.49. The van der Waals surface area contributed by atoms with Crippen LogP contribution in [0.1, 0.15) is 32.1 Å². The predicted octanol–water partition coefficient (Wildman–Crippen LogP) is 0.955. The molecule has 17 heavy (non-hydrogen) atoms. The molecule has 2 saturated carbocycles. The second-order valence-electron chi connectivity index (χ2n) is 5.41. The van der Waals surface area contributed by atoms with Gasteiger partial charge in [0.15, 0.2) is 5.11 Å². The molecule has 0 radical (unpaired) electrons. The fourth-order valence-electron chi connectivity index (χ4n) is 3.42. The Morgan fingerprint density at radius 3 is 2.71 bits per heavy atom. The van der Waals surface area contributed by atoms with Gasteiger partial charge in [-0.15, -0.1) is 0 Å². The van der Waals surface area contributed by atoms with E-state index >= 15 is 0 Å². The van der Waals surface area contributed by atoms with E-state index in [4.69, 9.17) is 17.0 Å². The van der Waals surface area contributed by atoms with Gasteiger partial charge in [0, 0.05) is 12.5 Å². The Morgan fingerprint density at radius 2 is 2.12 bits per heavy atom. The third kappa shape index (κ3) is 2.25. The molecule has 0 amide bonds. The molecule has 2 aliphatic carbocycles. The molecule has 2 bridgehead atoms. The van der Waals surface area contributed by atoms with E-state index in [-0.39, 0.29) is 12.0 Å². The van der Waals surface area contributed by atoms with Gasteiger partial charge in [-0.3, -0.25) is 0 Å². The first kappa shape index (κ1) is 11.3. The molecule has 2 N–H and O–H groups in total. The summed E-state index contributed by atoms with van der Waals surface area (Å²) in [6, 6.07) is 0.278. The number of cyclic esters (lactones) is 1. The van der Waals surface area contributed by atoms with Crippen molar-refractivity contribution in [1.82, 2.24) is 10.6 Å². The molecule has 4 atom stereocenters. The first-order valence-electron chi connectivity index (χ1n) is 6.46. The molecule has 1 aliphatic heterocycles. The lowest BCUT2D eigenvalue weighted by atomic mass is 9.95. The Bertz CT molecular complexity index is 347. The van der Waals surface area contributed by atoms with Gasteiger partial charge in [-0.2, -0.15) is 0 Å². The van der Waals surface area contributed by atoms with Gasteiger partial charge in [0.2, 0.25) is 0 Å². The van der Waals surface area contributed by atoms with Crippen molar-refractivity contribution in [3.8, 4) is 0 Å². The average molecular weight is 254 g/mol. The number of carbonyl (C=O) groups is 1. The predicted molar refractivity (Wildman–Crippen MR) is 67.5 cm³/mol. The number of esters is 1. The summed E-state index contributed by atoms with van der Waals surface area (Å²) in [7, 11) is 0. The number of ether oxygens (including phenoxy) is 1. The molecule has 0 aromatic carbocycles. The van der Waals surface area contributed by atoms with Crippen molar-refractivity contribution in [2.75, 3.05) is 6.61 Å². The zero-order chi connectivity index (χ0) is 11.8. The summed E-state index contributed by atoms with van der Waals surface area (Å²) >= 11 is 5.27. The second kappa shape index (κ2) is 4.44. The summed E-state index contributed by atoms with van der Waals surface area (Å²) in [6.45, 7) is 0.507. The number of carbonyl (C=O) groups excluding carboxylic acids is 1. The maximum Gasteiger partial charge on any atom is 0.328 e. The second-order valence-corrected chi connectivity index (χ2v) is 5.82. The minimum absolute atomic E-state index is 0.179. The summed E-state index contributed by atoms with van der Waals surface area (Å²) in [4.78, 5) is 11.3. The van der Waals surface area contributed by atoms with Crippen molar-refractivity contribution in [2.45, 2.75) is 44.2 Å². The van der Waals surface area contributed by atoms with Crippen molar-refractivity contribution >= 4 is 23.3 Å². The Labute approximate surface area is 106 Å². The van der Waals surface area contributed by atoms with Crippen LogP contribution in [0.4, 0.5) is 0 Å². The van der Waals surface area contributed by atoms with Gasteiger partial charge in [-0.1, -0.05) is 6.42 Å². The fourth-order valence-corrected chi connectivity index (χ4v) is 3.71. The Hall–Kier alpha value is -0.840. The quantitative estimate of drug-likeness (QED) is 0.568. The number of thiocarbonyl (C=S) groups is 1. The van der Waals surface area contributed by atoms with E-state index in [1.807, 2.05) is 0 Å². The van der Waals surface area contributed by atoms with Crippen LogP contribution >= 0.6 is 12.2 Å². The van der Waals surface area contributed by atoms with E-state index in [1.165, 1.54) is 25.7 Å². The maximum absolute atomic E-state index is 11.3. The normalized spacial score (nSPS) is 39.2. The minimum Gasteiger partial charge on any atom is -0.464 e. The van der Waals surface area contributed by atoms with Crippen LogP contribution in [0.2, 0.25) is 0 Å². The van der Waals surface area contributed by atoms with Gasteiger partial charge in [-0.25, -0.2) is 4.79 Å². The number of nitrogens with one attached hydrogen (secondary N) is 2. The third-order valence-electron chi connectivity index (χ3n) is 4.30. The van der Waals surface area contributed by atoms with Crippen LogP contribution in [0.25, 0.3) is 0 Å².